The second-order valence-electron chi connectivity index (χ2n) is 6.44. The fraction of sp³-hybridized carbons (Fsp3) is 0.222. The third-order valence-corrected chi connectivity index (χ3v) is 16.9. The standard InChI is InChI=1S/C18H14NO2S.In/c20-17-16(22-18(21)19-17)12-15-9-5-4-8-14(15)11-10-13-6-2-1-3-7-13;/h2,4-6,9,11,13H,1,3,7H2,(H,19,20,21);. The van der Waals surface area contributed by atoms with E-state index < -0.39 is 21.4 Å². The van der Waals surface area contributed by atoms with E-state index in [0.29, 0.717) is 10.8 Å². The number of rotatable bonds is 1. The number of allylic oxidation sites excluding steroid dienone is 3. The van der Waals surface area contributed by atoms with Crippen LogP contribution in [-0.2, 0) is 4.79 Å². The van der Waals surface area contributed by atoms with Crippen LogP contribution in [0, 0.1) is 5.92 Å². The first-order valence-electron chi connectivity index (χ1n) is 8.03. The summed E-state index contributed by atoms with van der Waals surface area (Å²) in [7, 11) is 0. The van der Waals surface area contributed by atoms with E-state index in [9.17, 15) is 9.59 Å². The van der Waals surface area contributed by atoms with Crippen LogP contribution in [0.15, 0.2) is 38.6 Å². The molecule has 3 aliphatic heterocycles. The molecule has 5 rings (SSSR count). The third kappa shape index (κ3) is 1.99. The second kappa shape index (κ2) is 5.15. The number of imide groups is 1. The van der Waals surface area contributed by atoms with Gasteiger partial charge in [-0.15, -0.1) is 0 Å². The van der Waals surface area contributed by atoms with Gasteiger partial charge in [-0.05, 0) is 0 Å². The van der Waals surface area contributed by atoms with Gasteiger partial charge < -0.3 is 0 Å². The Bertz CT molecular complexity index is 868. The molecule has 0 saturated carbocycles. The number of amides is 2. The van der Waals surface area contributed by atoms with E-state index in [1.165, 1.54) is 37.0 Å². The van der Waals surface area contributed by atoms with Crippen LogP contribution in [-0.4, -0.2) is 32.6 Å². The van der Waals surface area contributed by atoms with Crippen LogP contribution >= 0.6 is 11.8 Å². The fourth-order valence-electron chi connectivity index (χ4n) is 4.29. The Hall–Kier alpha value is -1.20. The van der Waals surface area contributed by atoms with Crippen molar-refractivity contribution >= 4 is 57.1 Å². The Morgan fingerprint density at radius 1 is 1.26 bits per heavy atom. The quantitative estimate of drug-likeness (QED) is 0.559. The predicted octanol–water partition coefficient (Wildman–Crippen LogP) is 2.93. The summed E-state index contributed by atoms with van der Waals surface area (Å²) in [6, 6.07) is 6.49. The van der Waals surface area contributed by atoms with Crippen LogP contribution in [0.25, 0.3) is 9.41 Å². The molecular formula is C18H14InNO2S. The number of thioether (sulfide) groups is 1. The summed E-state index contributed by atoms with van der Waals surface area (Å²) in [4.78, 5) is 24.6. The van der Waals surface area contributed by atoms with E-state index in [0.717, 1.165) is 11.8 Å². The molecule has 23 heavy (non-hydrogen) atoms. The van der Waals surface area contributed by atoms with Crippen molar-refractivity contribution in [1.82, 2.24) is 5.32 Å². The van der Waals surface area contributed by atoms with Crippen LogP contribution in [0.4, 0.5) is 4.79 Å². The van der Waals surface area contributed by atoms with E-state index in [1.807, 2.05) is 0 Å². The van der Waals surface area contributed by atoms with Crippen molar-refractivity contribution in [2.24, 2.45) is 5.92 Å². The molecule has 2 amide bonds. The fourth-order valence-corrected chi connectivity index (χ4v) is 17.3. The van der Waals surface area contributed by atoms with Gasteiger partial charge in [-0.25, -0.2) is 0 Å². The molecular weight excluding hydrogens is 409 g/mol. The first kappa shape index (κ1) is 14.2. The number of nitrogens with one attached hydrogen (secondary N) is 1. The van der Waals surface area contributed by atoms with Gasteiger partial charge in [-0.1, -0.05) is 0 Å². The second-order valence-corrected chi connectivity index (χ2v) is 15.2. The Morgan fingerprint density at radius 2 is 2.17 bits per heavy atom. The van der Waals surface area contributed by atoms with Crippen LogP contribution in [0.2, 0.25) is 0 Å². The molecule has 1 aromatic rings. The van der Waals surface area contributed by atoms with Crippen LogP contribution in [0.5, 0.6) is 0 Å². The summed E-state index contributed by atoms with van der Waals surface area (Å²) in [6.07, 6.45) is 10.7. The monoisotopic (exact) mass is 423 g/mol. The predicted molar refractivity (Wildman–Crippen MR) is 94.3 cm³/mol. The molecule has 1 aromatic carbocycles. The van der Waals surface area contributed by atoms with Crippen molar-refractivity contribution in [3.63, 3.8) is 0 Å². The van der Waals surface area contributed by atoms with Gasteiger partial charge in [0.15, 0.2) is 0 Å². The van der Waals surface area contributed by atoms with Gasteiger partial charge in [0, 0.05) is 0 Å². The molecule has 4 bridgehead atoms. The normalized spacial score (nSPS) is 27.7. The zero-order valence-electron chi connectivity index (χ0n) is 12.5. The summed E-state index contributed by atoms with van der Waals surface area (Å²) >= 11 is -1.30. The van der Waals surface area contributed by atoms with E-state index in [-0.39, 0.29) is 11.1 Å². The van der Waals surface area contributed by atoms with E-state index in [1.54, 1.807) is 3.33 Å². The number of carbonyl (C=O) groups is 2. The van der Waals surface area contributed by atoms with Gasteiger partial charge in [-0.3, -0.25) is 0 Å². The topological polar surface area (TPSA) is 46.2 Å². The first-order chi connectivity index (χ1) is 11.2. The maximum atomic E-state index is 12.2. The Kier molecular flexibility index (Phi) is 3.17. The molecule has 3 nitrogen and oxygen atoms in total. The van der Waals surface area contributed by atoms with Crippen molar-refractivity contribution in [2.75, 3.05) is 0 Å². The third-order valence-electron chi connectivity index (χ3n) is 5.22. The molecule has 0 aromatic heterocycles. The van der Waals surface area contributed by atoms with Gasteiger partial charge in [0.25, 0.3) is 0 Å². The number of carbonyl (C=O) groups excluding carboxylic acids is 2. The van der Waals surface area contributed by atoms with Gasteiger partial charge in [-0.2, -0.15) is 0 Å². The molecule has 5 heteroatoms. The zero-order chi connectivity index (χ0) is 15.6. The van der Waals surface area contributed by atoms with Gasteiger partial charge in [0.1, 0.15) is 0 Å². The molecule has 1 aliphatic carbocycles. The van der Waals surface area contributed by atoms with Crippen molar-refractivity contribution in [3.8, 4) is 0 Å². The minimum atomic E-state index is -2.41. The molecule has 1 fully saturated rings. The molecule has 1 atom stereocenters. The maximum absolute atomic E-state index is 12.2. The van der Waals surface area contributed by atoms with Crippen molar-refractivity contribution in [2.45, 2.75) is 19.3 Å². The molecule has 0 radical (unpaired) electrons. The Labute approximate surface area is 146 Å². The summed E-state index contributed by atoms with van der Waals surface area (Å²) in [5.41, 5.74) is 2.57. The van der Waals surface area contributed by atoms with E-state index in [2.05, 4.69) is 41.7 Å². The number of hydrogen-bond donors (Lipinski definition) is 1. The summed E-state index contributed by atoms with van der Waals surface area (Å²) in [6.45, 7) is 0. The van der Waals surface area contributed by atoms with E-state index in [4.69, 9.17) is 0 Å². The minimum absolute atomic E-state index is 0.189. The molecule has 1 unspecified atom stereocenters. The van der Waals surface area contributed by atoms with Crippen LogP contribution in [0.3, 0.4) is 0 Å². The SMILES string of the molecule is O=C1NC(=O)/C(=[C]2\c3ccc[c]4c3C=[C](C3C=CCCC3)[In]24)S1. The Morgan fingerprint density at radius 3 is 2.87 bits per heavy atom. The van der Waals surface area contributed by atoms with Crippen molar-refractivity contribution in [1.29, 1.82) is 0 Å². The number of hydrogen-bond acceptors (Lipinski definition) is 3. The Balaban J connectivity index is 1.68. The van der Waals surface area contributed by atoms with Gasteiger partial charge >= 0.3 is 147 Å². The van der Waals surface area contributed by atoms with Crippen molar-refractivity contribution < 1.29 is 9.59 Å². The molecule has 4 aliphatic rings. The van der Waals surface area contributed by atoms with Gasteiger partial charge in [0.2, 0.25) is 0 Å². The van der Waals surface area contributed by atoms with Crippen LogP contribution in [0.1, 0.15) is 30.4 Å². The molecule has 3 heterocycles. The average Bonchev–Trinajstić information content (AvgIpc) is 3.15. The van der Waals surface area contributed by atoms with Crippen LogP contribution < -0.4 is 8.64 Å². The summed E-state index contributed by atoms with van der Waals surface area (Å²) in [5.74, 6) is 0.358. The molecule has 112 valence electrons. The van der Waals surface area contributed by atoms with E-state index >= 15 is 0 Å². The van der Waals surface area contributed by atoms with Gasteiger partial charge in [0.05, 0.1) is 0 Å². The average molecular weight is 423 g/mol. The number of benzene rings is 1. The molecule has 0 spiro atoms. The van der Waals surface area contributed by atoms with Crippen molar-refractivity contribution in [3.05, 3.63) is 49.7 Å². The zero-order valence-corrected chi connectivity index (χ0v) is 16.6. The first-order valence-corrected chi connectivity index (χ1v) is 13.8. The molecule has 1 saturated heterocycles. The molecule has 1 N–H and O–H groups in total. The summed E-state index contributed by atoms with van der Waals surface area (Å²) < 4.78 is 4.37. The summed E-state index contributed by atoms with van der Waals surface area (Å²) in [5, 5.41) is 2.21.